The summed E-state index contributed by atoms with van der Waals surface area (Å²) in [5.74, 6) is 3.40. The first-order valence-electron chi connectivity index (χ1n) is 8.08. The Morgan fingerprint density at radius 3 is 2.52 bits per heavy atom. The SMILES string of the molecule is O=C(NCCN1CCCS1(=O)=O)NC1C2C3CCC(C3)C12. The van der Waals surface area contributed by atoms with Crippen molar-refractivity contribution in [1.29, 1.82) is 0 Å². The lowest BCUT2D eigenvalue weighted by molar-refractivity contribution is 0.237. The van der Waals surface area contributed by atoms with Crippen molar-refractivity contribution in [2.45, 2.75) is 31.7 Å². The summed E-state index contributed by atoms with van der Waals surface area (Å²) in [6, 6.07) is 0.247. The van der Waals surface area contributed by atoms with Crippen LogP contribution in [0.3, 0.4) is 0 Å². The zero-order chi connectivity index (χ0) is 14.6. The van der Waals surface area contributed by atoms with E-state index in [0.717, 1.165) is 23.7 Å². The van der Waals surface area contributed by atoms with Gasteiger partial charge in [-0.1, -0.05) is 0 Å². The molecule has 2 amide bonds. The van der Waals surface area contributed by atoms with E-state index in [2.05, 4.69) is 10.6 Å². The van der Waals surface area contributed by atoms with Crippen LogP contribution in [0.15, 0.2) is 0 Å². The number of rotatable bonds is 4. The Morgan fingerprint density at radius 2 is 1.90 bits per heavy atom. The summed E-state index contributed by atoms with van der Waals surface area (Å²) in [4.78, 5) is 11.9. The van der Waals surface area contributed by atoms with Gasteiger partial charge >= 0.3 is 6.03 Å². The molecule has 4 aliphatic rings. The molecule has 0 aromatic heterocycles. The Morgan fingerprint density at radius 1 is 1.19 bits per heavy atom. The number of nitrogens with one attached hydrogen (secondary N) is 2. The predicted molar refractivity (Wildman–Crippen MR) is 78.1 cm³/mol. The quantitative estimate of drug-likeness (QED) is 0.787. The zero-order valence-corrected chi connectivity index (χ0v) is 12.9. The third-order valence-corrected chi connectivity index (χ3v) is 7.84. The van der Waals surface area contributed by atoms with Crippen molar-refractivity contribution in [1.82, 2.24) is 14.9 Å². The van der Waals surface area contributed by atoms with Gasteiger partial charge in [-0.3, -0.25) is 0 Å². The number of nitrogens with zero attached hydrogens (tertiary/aromatic N) is 1. The van der Waals surface area contributed by atoms with Crippen LogP contribution in [0, 0.1) is 23.7 Å². The predicted octanol–water partition coefficient (Wildman–Crippen LogP) is 0.366. The lowest BCUT2D eigenvalue weighted by Gasteiger charge is -2.15. The fourth-order valence-corrected chi connectivity index (χ4v) is 6.49. The highest BCUT2D eigenvalue weighted by atomic mass is 32.2. The molecule has 6 nitrogen and oxygen atoms in total. The Kier molecular flexibility index (Phi) is 3.19. The summed E-state index contributed by atoms with van der Waals surface area (Å²) in [6.45, 7) is 1.36. The maximum atomic E-state index is 11.9. The fourth-order valence-electron chi connectivity index (χ4n) is 4.96. The summed E-state index contributed by atoms with van der Waals surface area (Å²) in [5.41, 5.74) is 0. The zero-order valence-electron chi connectivity index (χ0n) is 12.1. The highest BCUT2D eigenvalue weighted by Crippen LogP contribution is 2.65. The topological polar surface area (TPSA) is 78.5 Å². The third kappa shape index (κ3) is 2.34. The number of sulfonamides is 1. The minimum atomic E-state index is -3.05. The molecule has 4 atom stereocenters. The number of hydrogen-bond donors (Lipinski definition) is 2. The van der Waals surface area contributed by atoms with Gasteiger partial charge in [0.2, 0.25) is 10.0 Å². The second-order valence-corrected chi connectivity index (χ2v) is 9.07. The van der Waals surface area contributed by atoms with E-state index in [-0.39, 0.29) is 11.8 Å². The van der Waals surface area contributed by atoms with Gasteiger partial charge in [-0.15, -0.1) is 0 Å². The molecule has 3 aliphatic carbocycles. The van der Waals surface area contributed by atoms with Gasteiger partial charge in [-0.05, 0) is 49.4 Å². The Bertz CT molecular complexity index is 534. The molecule has 7 heteroatoms. The minimum absolute atomic E-state index is 0.134. The average molecular weight is 313 g/mol. The minimum Gasteiger partial charge on any atom is -0.337 e. The highest BCUT2D eigenvalue weighted by molar-refractivity contribution is 7.89. The van der Waals surface area contributed by atoms with Crippen LogP contribution in [0.2, 0.25) is 0 Å². The van der Waals surface area contributed by atoms with Gasteiger partial charge in [-0.25, -0.2) is 17.5 Å². The van der Waals surface area contributed by atoms with Gasteiger partial charge in [0.15, 0.2) is 0 Å². The molecular weight excluding hydrogens is 290 g/mol. The van der Waals surface area contributed by atoms with E-state index in [9.17, 15) is 13.2 Å². The van der Waals surface area contributed by atoms with Crippen LogP contribution in [0.5, 0.6) is 0 Å². The van der Waals surface area contributed by atoms with E-state index in [1.54, 1.807) is 0 Å². The van der Waals surface area contributed by atoms with Crippen LogP contribution in [0.4, 0.5) is 4.79 Å². The van der Waals surface area contributed by atoms with Crippen molar-refractivity contribution in [3.8, 4) is 0 Å². The largest absolute Gasteiger partial charge is 0.337 e. The van der Waals surface area contributed by atoms with Crippen LogP contribution in [0.25, 0.3) is 0 Å². The Balaban J connectivity index is 1.20. The van der Waals surface area contributed by atoms with Crippen molar-refractivity contribution in [3.63, 3.8) is 0 Å². The fraction of sp³-hybridized carbons (Fsp3) is 0.929. The van der Waals surface area contributed by atoms with E-state index < -0.39 is 10.0 Å². The molecule has 21 heavy (non-hydrogen) atoms. The summed E-state index contributed by atoms with van der Waals surface area (Å²) < 4.78 is 24.7. The van der Waals surface area contributed by atoms with E-state index >= 15 is 0 Å². The molecule has 0 aromatic carbocycles. The smallest absolute Gasteiger partial charge is 0.315 e. The van der Waals surface area contributed by atoms with Crippen molar-refractivity contribution in [2.75, 3.05) is 25.4 Å². The second-order valence-electron chi connectivity index (χ2n) is 6.98. The van der Waals surface area contributed by atoms with Crippen LogP contribution >= 0.6 is 0 Å². The number of hydrogen-bond acceptors (Lipinski definition) is 3. The molecule has 0 radical (unpaired) electrons. The second kappa shape index (κ2) is 4.84. The van der Waals surface area contributed by atoms with Crippen molar-refractivity contribution < 1.29 is 13.2 Å². The number of fused-ring (bicyclic) bond motifs is 5. The summed E-state index contributed by atoms with van der Waals surface area (Å²) in [6.07, 6.45) is 4.77. The highest BCUT2D eigenvalue weighted by Gasteiger charge is 2.65. The molecule has 118 valence electrons. The maximum absolute atomic E-state index is 11.9. The molecule has 2 N–H and O–H groups in total. The Hall–Kier alpha value is -0.820. The van der Waals surface area contributed by atoms with Gasteiger partial charge in [0.25, 0.3) is 0 Å². The monoisotopic (exact) mass is 313 g/mol. The summed E-state index contributed by atoms with van der Waals surface area (Å²) >= 11 is 0. The standard InChI is InChI=1S/C14H23N3O3S/c18-14(15-4-6-17-5-1-7-21(17,19)20)16-13-11-9-2-3-10(8-9)12(11)13/h9-13H,1-8H2,(H2,15,16,18). The molecule has 4 rings (SSSR count). The molecule has 4 fully saturated rings. The van der Waals surface area contributed by atoms with Crippen LogP contribution in [0.1, 0.15) is 25.7 Å². The molecule has 1 heterocycles. The first-order chi connectivity index (χ1) is 10.1. The molecule has 1 saturated heterocycles. The Labute approximate surface area is 125 Å². The first kappa shape index (κ1) is 13.8. The lowest BCUT2D eigenvalue weighted by atomic mass is 10.0. The van der Waals surface area contributed by atoms with Crippen LogP contribution in [-0.2, 0) is 10.0 Å². The number of carbonyl (C=O) groups excluding carboxylic acids is 1. The van der Waals surface area contributed by atoms with Gasteiger partial charge in [0.1, 0.15) is 0 Å². The van der Waals surface area contributed by atoms with Crippen LogP contribution < -0.4 is 10.6 Å². The van der Waals surface area contributed by atoms with E-state index in [4.69, 9.17) is 0 Å². The van der Waals surface area contributed by atoms with Crippen molar-refractivity contribution in [3.05, 3.63) is 0 Å². The number of carbonyl (C=O) groups is 1. The average Bonchev–Trinajstić information content (AvgIpc) is 2.80. The molecule has 2 bridgehead atoms. The normalized spacial score (nSPS) is 42.8. The van der Waals surface area contributed by atoms with E-state index in [1.165, 1.54) is 23.6 Å². The van der Waals surface area contributed by atoms with Gasteiger partial charge < -0.3 is 10.6 Å². The maximum Gasteiger partial charge on any atom is 0.315 e. The summed E-state index contributed by atoms with van der Waals surface area (Å²) in [5, 5.41) is 5.89. The number of amides is 2. The molecule has 0 aromatic rings. The summed E-state index contributed by atoms with van der Waals surface area (Å²) in [7, 11) is -3.05. The molecule has 1 aliphatic heterocycles. The third-order valence-electron chi connectivity index (χ3n) is 5.88. The van der Waals surface area contributed by atoms with Gasteiger partial charge in [-0.2, -0.15) is 0 Å². The van der Waals surface area contributed by atoms with Gasteiger partial charge in [0, 0.05) is 25.7 Å². The molecule has 4 unspecified atom stereocenters. The molecule has 3 saturated carbocycles. The van der Waals surface area contributed by atoms with E-state index in [0.29, 0.717) is 32.1 Å². The van der Waals surface area contributed by atoms with Crippen molar-refractivity contribution in [2.24, 2.45) is 23.7 Å². The van der Waals surface area contributed by atoms with E-state index in [1.807, 2.05) is 0 Å². The molecule has 0 spiro atoms. The van der Waals surface area contributed by atoms with Crippen LogP contribution in [-0.4, -0.2) is 50.2 Å². The van der Waals surface area contributed by atoms with Gasteiger partial charge in [0.05, 0.1) is 5.75 Å². The van der Waals surface area contributed by atoms with Crippen molar-refractivity contribution >= 4 is 16.1 Å². The first-order valence-corrected chi connectivity index (χ1v) is 9.69. The molecular formula is C14H23N3O3S. The number of urea groups is 1. The lowest BCUT2D eigenvalue weighted by Crippen LogP contribution is -2.42.